The minimum absolute atomic E-state index is 0. The van der Waals surface area contributed by atoms with Crippen molar-refractivity contribution < 1.29 is 9.53 Å². The lowest BCUT2D eigenvalue weighted by Crippen LogP contribution is -2.45. The molecule has 1 aliphatic rings. The third-order valence-electron chi connectivity index (χ3n) is 4.50. The van der Waals surface area contributed by atoms with Crippen LogP contribution in [0.4, 0.5) is 0 Å². The molecule has 0 bridgehead atoms. The number of carbonyl (C=O) groups excluding carboxylic acids is 1. The Hall–Kier alpha value is -1.51. The van der Waals surface area contributed by atoms with E-state index < -0.39 is 0 Å². The number of carbonyl (C=O) groups is 1. The minimum atomic E-state index is 0. The molecule has 1 heterocycles. The predicted octanol–water partition coefficient (Wildman–Crippen LogP) is 3.26. The van der Waals surface area contributed by atoms with Crippen molar-refractivity contribution in [3.63, 3.8) is 0 Å². The summed E-state index contributed by atoms with van der Waals surface area (Å²) < 4.78 is 5.79. The zero-order valence-electron chi connectivity index (χ0n) is 17.7. The molecule has 1 aromatic rings. The number of rotatable bonds is 7. The largest absolute Gasteiger partial charge is 0.493 e. The molecule has 1 aliphatic heterocycles. The van der Waals surface area contributed by atoms with E-state index in [1.54, 1.807) is 7.05 Å². The van der Waals surface area contributed by atoms with Gasteiger partial charge in [-0.2, -0.15) is 0 Å². The average molecular weight is 502 g/mol. The van der Waals surface area contributed by atoms with Crippen molar-refractivity contribution in [1.82, 2.24) is 15.5 Å². The molecule has 158 valence electrons. The summed E-state index contributed by atoms with van der Waals surface area (Å²) in [5.74, 6) is 2.42. The van der Waals surface area contributed by atoms with Gasteiger partial charge in [0.15, 0.2) is 5.96 Å². The Morgan fingerprint density at radius 3 is 2.71 bits per heavy atom. The Kier molecular flexibility index (Phi) is 10.6. The van der Waals surface area contributed by atoms with Crippen LogP contribution in [0.2, 0.25) is 0 Å². The van der Waals surface area contributed by atoms with Gasteiger partial charge in [-0.15, -0.1) is 24.0 Å². The van der Waals surface area contributed by atoms with Crippen LogP contribution in [0.3, 0.4) is 0 Å². The van der Waals surface area contributed by atoms with E-state index >= 15 is 0 Å². The maximum absolute atomic E-state index is 12.1. The lowest BCUT2D eigenvalue weighted by atomic mass is 10.2. The van der Waals surface area contributed by atoms with E-state index in [2.05, 4.69) is 41.6 Å². The fourth-order valence-corrected chi connectivity index (χ4v) is 3.03. The predicted molar refractivity (Wildman–Crippen MR) is 125 cm³/mol. The molecule has 0 radical (unpaired) electrons. The van der Waals surface area contributed by atoms with Crippen LogP contribution >= 0.6 is 24.0 Å². The molecule has 1 unspecified atom stereocenters. The molecule has 0 spiro atoms. The van der Waals surface area contributed by atoms with E-state index in [0.717, 1.165) is 36.8 Å². The standard InChI is InChI=1S/C21H34N4O2.HI/c1-15(2)14-27-19-8-6-7-17(11-19)12-23-21(22-5)24-18-9-10-25(13-18)20(26)16(3)4;/h6-8,11,15-16,18H,9-10,12-14H2,1-5H3,(H2,22,23,24);1H. The van der Waals surface area contributed by atoms with E-state index in [9.17, 15) is 4.79 Å². The molecular weight excluding hydrogens is 467 g/mol. The van der Waals surface area contributed by atoms with Crippen molar-refractivity contribution in [2.75, 3.05) is 26.7 Å². The molecule has 1 aromatic carbocycles. The summed E-state index contributed by atoms with van der Waals surface area (Å²) >= 11 is 0. The lowest BCUT2D eigenvalue weighted by Gasteiger charge is -2.20. The zero-order valence-corrected chi connectivity index (χ0v) is 20.0. The lowest BCUT2D eigenvalue weighted by molar-refractivity contribution is -0.133. The second kappa shape index (κ2) is 12.1. The van der Waals surface area contributed by atoms with Crippen molar-refractivity contribution in [2.45, 2.75) is 46.7 Å². The highest BCUT2D eigenvalue weighted by Gasteiger charge is 2.27. The van der Waals surface area contributed by atoms with Gasteiger partial charge in [0, 0.05) is 38.6 Å². The summed E-state index contributed by atoms with van der Waals surface area (Å²) in [6.45, 7) is 11.1. The number of likely N-dealkylation sites (tertiary alicyclic amines) is 1. The molecule has 1 saturated heterocycles. The van der Waals surface area contributed by atoms with Crippen LogP contribution in [0.5, 0.6) is 5.75 Å². The first-order valence-corrected chi connectivity index (χ1v) is 9.86. The number of halogens is 1. The Bertz CT molecular complexity index is 649. The summed E-state index contributed by atoms with van der Waals surface area (Å²) in [4.78, 5) is 18.4. The van der Waals surface area contributed by atoms with Crippen molar-refractivity contribution in [3.05, 3.63) is 29.8 Å². The maximum atomic E-state index is 12.1. The summed E-state index contributed by atoms with van der Waals surface area (Å²) in [6.07, 6.45) is 0.942. The molecule has 6 nitrogen and oxygen atoms in total. The van der Waals surface area contributed by atoms with Gasteiger partial charge < -0.3 is 20.3 Å². The number of hydrogen-bond donors (Lipinski definition) is 2. The van der Waals surface area contributed by atoms with Crippen LogP contribution in [0.15, 0.2) is 29.3 Å². The van der Waals surface area contributed by atoms with Gasteiger partial charge in [-0.05, 0) is 30.0 Å². The van der Waals surface area contributed by atoms with Crippen LogP contribution in [-0.2, 0) is 11.3 Å². The number of ether oxygens (including phenoxy) is 1. The fourth-order valence-electron chi connectivity index (χ4n) is 3.03. The second-order valence-corrected chi connectivity index (χ2v) is 7.85. The number of amides is 1. The molecule has 0 aromatic heterocycles. The van der Waals surface area contributed by atoms with Crippen molar-refractivity contribution in [1.29, 1.82) is 0 Å². The van der Waals surface area contributed by atoms with Crippen LogP contribution in [-0.4, -0.2) is 49.6 Å². The number of hydrogen-bond acceptors (Lipinski definition) is 3. The third-order valence-corrected chi connectivity index (χ3v) is 4.50. The average Bonchev–Trinajstić information content (AvgIpc) is 3.11. The maximum Gasteiger partial charge on any atom is 0.225 e. The van der Waals surface area contributed by atoms with Gasteiger partial charge >= 0.3 is 0 Å². The van der Waals surface area contributed by atoms with E-state index in [1.807, 2.05) is 30.9 Å². The van der Waals surface area contributed by atoms with Crippen LogP contribution in [0, 0.1) is 11.8 Å². The molecular formula is C21H35IN4O2. The van der Waals surface area contributed by atoms with Gasteiger partial charge in [0.2, 0.25) is 5.91 Å². The first-order valence-electron chi connectivity index (χ1n) is 9.86. The molecule has 2 rings (SSSR count). The zero-order chi connectivity index (χ0) is 19.8. The Morgan fingerprint density at radius 1 is 1.32 bits per heavy atom. The Morgan fingerprint density at radius 2 is 2.07 bits per heavy atom. The quantitative estimate of drug-likeness (QED) is 0.342. The van der Waals surface area contributed by atoms with Crippen LogP contribution in [0.1, 0.15) is 39.7 Å². The minimum Gasteiger partial charge on any atom is -0.493 e. The summed E-state index contributed by atoms with van der Waals surface area (Å²) in [7, 11) is 1.77. The van der Waals surface area contributed by atoms with Crippen molar-refractivity contribution in [3.8, 4) is 5.75 Å². The van der Waals surface area contributed by atoms with Crippen LogP contribution < -0.4 is 15.4 Å². The highest BCUT2D eigenvalue weighted by atomic mass is 127. The van der Waals surface area contributed by atoms with Gasteiger partial charge in [0.05, 0.1) is 6.61 Å². The topological polar surface area (TPSA) is 66.0 Å². The van der Waals surface area contributed by atoms with Gasteiger partial charge in [-0.25, -0.2) is 0 Å². The van der Waals surface area contributed by atoms with Crippen molar-refractivity contribution >= 4 is 35.8 Å². The van der Waals surface area contributed by atoms with Gasteiger partial charge in [-0.1, -0.05) is 39.8 Å². The first kappa shape index (κ1) is 24.5. The van der Waals surface area contributed by atoms with E-state index in [1.165, 1.54) is 0 Å². The molecule has 0 saturated carbocycles. The van der Waals surface area contributed by atoms with E-state index in [-0.39, 0.29) is 41.8 Å². The van der Waals surface area contributed by atoms with E-state index in [4.69, 9.17) is 4.74 Å². The monoisotopic (exact) mass is 502 g/mol. The number of guanidine groups is 1. The SMILES string of the molecule is CN=C(NCc1cccc(OCC(C)C)c1)NC1CCN(C(=O)C(C)C)C1.I. The smallest absolute Gasteiger partial charge is 0.225 e. The van der Waals surface area contributed by atoms with Gasteiger partial charge in [-0.3, -0.25) is 9.79 Å². The molecule has 1 atom stereocenters. The van der Waals surface area contributed by atoms with E-state index in [0.29, 0.717) is 19.1 Å². The summed E-state index contributed by atoms with van der Waals surface area (Å²) in [5.41, 5.74) is 1.14. The Labute approximate surface area is 186 Å². The molecule has 7 heteroatoms. The summed E-state index contributed by atoms with van der Waals surface area (Å²) in [5, 5.41) is 6.78. The molecule has 1 fully saturated rings. The molecule has 0 aliphatic carbocycles. The second-order valence-electron chi connectivity index (χ2n) is 7.85. The third kappa shape index (κ3) is 7.85. The van der Waals surface area contributed by atoms with Crippen LogP contribution in [0.25, 0.3) is 0 Å². The molecule has 28 heavy (non-hydrogen) atoms. The number of nitrogens with zero attached hydrogens (tertiary/aromatic N) is 2. The number of benzene rings is 1. The van der Waals surface area contributed by atoms with Gasteiger partial charge in [0.1, 0.15) is 5.75 Å². The Balaban J connectivity index is 0.00000392. The first-order chi connectivity index (χ1) is 12.9. The fraction of sp³-hybridized carbons (Fsp3) is 0.619. The number of aliphatic imine (C=N–C) groups is 1. The summed E-state index contributed by atoms with van der Waals surface area (Å²) in [6, 6.07) is 8.36. The molecule has 1 amide bonds. The highest BCUT2D eigenvalue weighted by Crippen LogP contribution is 2.15. The number of nitrogens with one attached hydrogen (secondary N) is 2. The highest BCUT2D eigenvalue weighted by molar-refractivity contribution is 14.0. The van der Waals surface area contributed by atoms with Gasteiger partial charge in [0.25, 0.3) is 0 Å². The van der Waals surface area contributed by atoms with Crippen molar-refractivity contribution in [2.24, 2.45) is 16.8 Å². The molecule has 2 N–H and O–H groups in total. The normalized spacial score (nSPS) is 16.9.